The summed E-state index contributed by atoms with van der Waals surface area (Å²) >= 11 is 0. The Hall–Kier alpha value is -1.60. The molecule has 0 aliphatic heterocycles. The number of rotatable bonds is 6. The summed E-state index contributed by atoms with van der Waals surface area (Å²) in [6, 6.07) is 4.19. The van der Waals surface area contributed by atoms with Crippen molar-refractivity contribution >= 4 is 18.3 Å². The molecule has 0 bridgehead atoms. The normalized spacial score (nSPS) is 20.2. The molecule has 3 N–H and O–H groups in total. The standard InChI is InChI=1S/C16H22F2N2O3.ClH/c1-22-14-8-10(6-7-13(14)23-16(17)18)15(21)20-12-5-3-2-4-11(12)9-19;/h6-8,11-12,16H,2-5,9,19H2,1H3,(H,20,21);1H. The number of ether oxygens (including phenoxy) is 2. The minimum absolute atomic E-state index is 0. The van der Waals surface area contributed by atoms with Crippen LogP contribution in [0.5, 0.6) is 11.5 Å². The van der Waals surface area contributed by atoms with Crippen molar-refractivity contribution in [2.24, 2.45) is 11.7 Å². The summed E-state index contributed by atoms with van der Waals surface area (Å²) in [4.78, 5) is 12.4. The fraction of sp³-hybridized carbons (Fsp3) is 0.562. The van der Waals surface area contributed by atoms with E-state index in [0.717, 1.165) is 25.7 Å². The maximum absolute atomic E-state index is 12.4. The number of carbonyl (C=O) groups is 1. The van der Waals surface area contributed by atoms with E-state index in [1.807, 2.05) is 0 Å². The van der Waals surface area contributed by atoms with Crippen LogP contribution in [0.15, 0.2) is 18.2 Å². The second kappa shape index (κ2) is 9.64. The van der Waals surface area contributed by atoms with Crippen LogP contribution in [-0.4, -0.2) is 32.2 Å². The van der Waals surface area contributed by atoms with Crippen LogP contribution in [-0.2, 0) is 0 Å². The first-order chi connectivity index (χ1) is 11.0. The fourth-order valence-corrected chi connectivity index (χ4v) is 2.93. The Morgan fingerprint density at radius 2 is 2.04 bits per heavy atom. The molecule has 0 spiro atoms. The largest absolute Gasteiger partial charge is 0.493 e. The van der Waals surface area contributed by atoms with Crippen LogP contribution in [0.4, 0.5) is 8.78 Å². The van der Waals surface area contributed by atoms with E-state index in [1.54, 1.807) is 0 Å². The monoisotopic (exact) mass is 364 g/mol. The van der Waals surface area contributed by atoms with Gasteiger partial charge in [0.25, 0.3) is 5.91 Å². The second-order valence-corrected chi connectivity index (χ2v) is 5.60. The van der Waals surface area contributed by atoms with E-state index in [2.05, 4.69) is 10.1 Å². The summed E-state index contributed by atoms with van der Waals surface area (Å²) < 4.78 is 34.0. The average Bonchev–Trinajstić information content (AvgIpc) is 2.55. The van der Waals surface area contributed by atoms with Gasteiger partial charge < -0.3 is 20.5 Å². The Labute approximate surface area is 146 Å². The Kier molecular flexibility index (Phi) is 8.21. The molecule has 1 aromatic rings. The highest BCUT2D eigenvalue weighted by molar-refractivity contribution is 5.95. The highest BCUT2D eigenvalue weighted by Crippen LogP contribution is 2.30. The maximum atomic E-state index is 12.4. The number of halogens is 3. The molecule has 1 amide bonds. The zero-order valence-corrected chi connectivity index (χ0v) is 14.3. The summed E-state index contributed by atoms with van der Waals surface area (Å²) in [7, 11) is 1.33. The molecule has 2 unspecified atom stereocenters. The molecule has 1 saturated carbocycles. The minimum atomic E-state index is -2.95. The number of nitrogens with two attached hydrogens (primary N) is 1. The highest BCUT2D eigenvalue weighted by Gasteiger charge is 2.26. The van der Waals surface area contributed by atoms with Gasteiger partial charge in [-0.15, -0.1) is 12.4 Å². The molecular formula is C16H23ClF2N2O3. The highest BCUT2D eigenvalue weighted by atomic mass is 35.5. The van der Waals surface area contributed by atoms with Gasteiger partial charge in [-0.3, -0.25) is 4.79 Å². The number of hydrogen-bond donors (Lipinski definition) is 2. The third-order valence-electron chi connectivity index (χ3n) is 4.17. The van der Waals surface area contributed by atoms with Gasteiger partial charge in [-0.25, -0.2) is 0 Å². The molecular weight excluding hydrogens is 342 g/mol. The van der Waals surface area contributed by atoms with Gasteiger partial charge in [0.05, 0.1) is 7.11 Å². The van der Waals surface area contributed by atoms with Crippen molar-refractivity contribution < 1.29 is 23.0 Å². The average molecular weight is 365 g/mol. The van der Waals surface area contributed by atoms with Crippen LogP contribution in [0.1, 0.15) is 36.0 Å². The Balaban J connectivity index is 0.00000288. The molecule has 8 heteroatoms. The smallest absolute Gasteiger partial charge is 0.387 e. The van der Waals surface area contributed by atoms with Crippen molar-refractivity contribution in [1.82, 2.24) is 5.32 Å². The summed E-state index contributed by atoms with van der Waals surface area (Å²) in [5, 5.41) is 2.98. The van der Waals surface area contributed by atoms with Gasteiger partial charge in [0, 0.05) is 11.6 Å². The summed E-state index contributed by atoms with van der Waals surface area (Å²) in [5.41, 5.74) is 6.10. The summed E-state index contributed by atoms with van der Waals surface area (Å²) in [6.07, 6.45) is 4.09. The molecule has 0 saturated heterocycles. The van der Waals surface area contributed by atoms with E-state index < -0.39 is 6.61 Å². The lowest BCUT2D eigenvalue weighted by atomic mass is 9.84. The second-order valence-electron chi connectivity index (χ2n) is 5.60. The quantitative estimate of drug-likeness (QED) is 0.814. The van der Waals surface area contributed by atoms with Crippen LogP contribution >= 0.6 is 12.4 Å². The summed E-state index contributed by atoms with van der Waals surface area (Å²) in [6.45, 7) is -2.41. The molecule has 5 nitrogen and oxygen atoms in total. The molecule has 0 radical (unpaired) electrons. The summed E-state index contributed by atoms with van der Waals surface area (Å²) in [5.74, 6) is 0.00167. The lowest BCUT2D eigenvalue weighted by molar-refractivity contribution is -0.0512. The van der Waals surface area contributed by atoms with Crippen molar-refractivity contribution in [3.05, 3.63) is 23.8 Å². The van der Waals surface area contributed by atoms with E-state index in [-0.39, 0.29) is 41.8 Å². The molecule has 2 atom stereocenters. The van der Waals surface area contributed by atoms with Crippen LogP contribution in [0.3, 0.4) is 0 Å². The Morgan fingerprint density at radius 1 is 1.33 bits per heavy atom. The predicted molar refractivity (Wildman–Crippen MR) is 89.1 cm³/mol. The van der Waals surface area contributed by atoms with Gasteiger partial charge in [0.15, 0.2) is 11.5 Å². The van der Waals surface area contributed by atoms with E-state index in [4.69, 9.17) is 10.5 Å². The first-order valence-electron chi connectivity index (χ1n) is 7.69. The molecule has 1 aliphatic carbocycles. The maximum Gasteiger partial charge on any atom is 0.387 e. The minimum Gasteiger partial charge on any atom is -0.493 e. The number of alkyl halides is 2. The van der Waals surface area contributed by atoms with Crippen molar-refractivity contribution in [1.29, 1.82) is 0 Å². The van der Waals surface area contributed by atoms with Gasteiger partial charge in [-0.1, -0.05) is 12.8 Å². The molecule has 1 aromatic carbocycles. The number of carbonyl (C=O) groups excluding carboxylic acids is 1. The van der Waals surface area contributed by atoms with Crippen LogP contribution in [0.2, 0.25) is 0 Å². The SMILES string of the molecule is COc1cc(C(=O)NC2CCCCC2CN)ccc1OC(F)F.Cl. The van der Waals surface area contributed by atoms with E-state index in [1.165, 1.54) is 25.3 Å². The lowest BCUT2D eigenvalue weighted by Gasteiger charge is -2.31. The topological polar surface area (TPSA) is 73.6 Å². The molecule has 0 aromatic heterocycles. The Morgan fingerprint density at radius 3 is 2.67 bits per heavy atom. The van der Waals surface area contributed by atoms with E-state index >= 15 is 0 Å². The van der Waals surface area contributed by atoms with Gasteiger partial charge in [-0.05, 0) is 43.5 Å². The van der Waals surface area contributed by atoms with Crippen LogP contribution < -0.4 is 20.5 Å². The molecule has 2 rings (SSSR count). The fourth-order valence-electron chi connectivity index (χ4n) is 2.93. The van der Waals surface area contributed by atoms with Crippen LogP contribution in [0.25, 0.3) is 0 Å². The molecule has 1 fully saturated rings. The van der Waals surface area contributed by atoms with Crippen molar-refractivity contribution in [3.63, 3.8) is 0 Å². The van der Waals surface area contributed by atoms with Gasteiger partial charge in [0.2, 0.25) is 0 Å². The zero-order valence-electron chi connectivity index (χ0n) is 13.5. The van der Waals surface area contributed by atoms with Gasteiger partial charge in [-0.2, -0.15) is 8.78 Å². The van der Waals surface area contributed by atoms with E-state index in [9.17, 15) is 13.6 Å². The number of nitrogens with one attached hydrogen (secondary N) is 1. The third-order valence-corrected chi connectivity index (χ3v) is 4.17. The van der Waals surface area contributed by atoms with E-state index in [0.29, 0.717) is 12.1 Å². The number of benzene rings is 1. The van der Waals surface area contributed by atoms with Gasteiger partial charge in [0.1, 0.15) is 0 Å². The van der Waals surface area contributed by atoms with Crippen LogP contribution in [0, 0.1) is 5.92 Å². The first kappa shape index (κ1) is 20.4. The Bertz CT molecular complexity index is 546. The molecule has 136 valence electrons. The third kappa shape index (κ3) is 5.21. The predicted octanol–water partition coefficient (Wildman–Crippen LogP) is 2.97. The van der Waals surface area contributed by atoms with Crippen molar-refractivity contribution in [3.8, 4) is 11.5 Å². The number of methoxy groups -OCH3 is 1. The van der Waals surface area contributed by atoms with Crippen molar-refractivity contribution in [2.75, 3.05) is 13.7 Å². The first-order valence-corrected chi connectivity index (χ1v) is 7.69. The molecule has 0 heterocycles. The number of hydrogen-bond acceptors (Lipinski definition) is 4. The van der Waals surface area contributed by atoms with Gasteiger partial charge >= 0.3 is 6.61 Å². The molecule has 24 heavy (non-hydrogen) atoms. The number of amides is 1. The molecule has 1 aliphatic rings. The van der Waals surface area contributed by atoms with Crippen molar-refractivity contribution in [2.45, 2.75) is 38.3 Å². The zero-order chi connectivity index (χ0) is 16.8. The lowest BCUT2D eigenvalue weighted by Crippen LogP contribution is -2.44.